The van der Waals surface area contributed by atoms with Gasteiger partial charge in [0.25, 0.3) is 0 Å². The maximum atomic E-state index is 2.36. The van der Waals surface area contributed by atoms with Crippen molar-refractivity contribution in [3.05, 3.63) is 209 Å². The SMILES string of the molecule is Cc1cccc(C)c1N(c1ccc(C=CC=CC=Cc2ccccc2)cc1)c1ccc(C=CC=CC=Cc2ccccc2)cc1. The standard InChI is InChI=1S/C44H39N/c1-36-18-17-19-37(2)44(36)45(42-32-28-40(29-33-42)26-11-5-3-9-20-38-22-13-7-14-23-38)43-34-30-41(31-35-43)27-12-6-4-10-21-39-24-15-8-16-25-39/h3-35H,1-2H3. The van der Waals surface area contributed by atoms with Crippen molar-refractivity contribution in [1.29, 1.82) is 0 Å². The topological polar surface area (TPSA) is 3.24 Å². The van der Waals surface area contributed by atoms with Gasteiger partial charge in [0.05, 0.1) is 5.69 Å². The van der Waals surface area contributed by atoms with Gasteiger partial charge in [0.1, 0.15) is 0 Å². The van der Waals surface area contributed by atoms with Crippen molar-refractivity contribution < 1.29 is 0 Å². The summed E-state index contributed by atoms with van der Waals surface area (Å²) in [6, 6.07) is 44.6. The van der Waals surface area contributed by atoms with Crippen LogP contribution in [0.15, 0.2) is 176 Å². The highest BCUT2D eigenvalue weighted by atomic mass is 15.1. The van der Waals surface area contributed by atoms with Crippen molar-refractivity contribution in [2.45, 2.75) is 13.8 Å². The van der Waals surface area contributed by atoms with Gasteiger partial charge >= 0.3 is 0 Å². The first-order valence-electron chi connectivity index (χ1n) is 15.4. The van der Waals surface area contributed by atoms with Gasteiger partial charge in [-0.15, -0.1) is 0 Å². The fourth-order valence-corrected chi connectivity index (χ4v) is 5.09. The molecule has 5 rings (SSSR count). The van der Waals surface area contributed by atoms with Gasteiger partial charge < -0.3 is 4.90 Å². The first kappa shape index (κ1) is 30.8. The van der Waals surface area contributed by atoms with Gasteiger partial charge in [0.2, 0.25) is 0 Å². The molecule has 0 aliphatic rings. The van der Waals surface area contributed by atoms with Crippen LogP contribution in [0.3, 0.4) is 0 Å². The Bertz CT molecular complexity index is 1680. The summed E-state index contributed by atoms with van der Waals surface area (Å²) < 4.78 is 0. The Morgan fingerprint density at radius 3 is 1.02 bits per heavy atom. The predicted molar refractivity (Wildman–Crippen MR) is 198 cm³/mol. The molecule has 0 N–H and O–H groups in total. The van der Waals surface area contributed by atoms with E-state index in [1.165, 1.54) is 27.9 Å². The average molecular weight is 582 g/mol. The van der Waals surface area contributed by atoms with Crippen LogP contribution in [0.1, 0.15) is 33.4 Å². The molecular formula is C44H39N. The monoisotopic (exact) mass is 581 g/mol. The predicted octanol–water partition coefficient (Wildman–Crippen LogP) is 12.3. The zero-order valence-electron chi connectivity index (χ0n) is 26.0. The number of anilines is 3. The summed E-state index contributed by atoms with van der Waals surface area (Å²) in [6.07, 6.45) is 25.0. The zero-order valence-corrected chi connectivity index (χ0v) is 26.0. The average Bonchev–Trinajstić information content (AvgIpc) is 3.08. The third kappa shape index (κ3) is 9.16. The maximum Gasteiger partial charge on any atom is 0.0519 e. The number of benzene rings is 5. The van der Waals surface area contributed by atoms with Gasteiger partial charge in [0, 0.05) is 11.4 Å². The second-order valence-electron chi connectivity index (χ2n) is 10.8. The molecule has 0 unspecified atom stereocenters. The normalized spacial score (nSPS) is 12.1. The van der Waals surface area contributed by atoms with E-state index >= 15 is 0 Å². The smallest absolute Gasteiger partial charge is 0.0519 e. The van der Waals surface area contributed by atoms with Crippen LogP contribution in [0, 0.1) is 13.8 Å². The first-order chi connectivity index (χ1) is 22.2. The lowest BCUT2D eigenvalue weighted by atomic mass is 10.0. The largest absolute Gasteiger partial charge is 0.310 e. The van der Waals surface area contributed by atoms with Crippen LogP contribution in [0.2, 0.25) is 0 Å². The highest BCUT2D eigenvalue weighted by Gasteiger charge is 2.16. The lowest BCUT2D eigenvalue weighted by Gasteiger charge is -2.29. The molecule has 45 heavy (non-hydrogen) atoms. The minimum absolute atomic E-state index is 1.13. The van der Waals surface area contributed by atoms with E-state index < -0.39 is 0 Å². The van der Waals surface area contributed by atoms with Crippen molar-refractivity contribution in [3.63, 3.8) is 0 Å². The first-order valence-corrected chi connectivity index (χ1v) is 15.4. The van der Waals surface area contributed by atoms with Gasteiger partial charge in [0.15, 0.2) is 0 Å². The Morgan fingerprint density at radius 1 is 0.333 bits per heavy atom. The van der Waals surface area contributed by atoms with Gasteiger partial charge in [-0.05, 0) is 71.5 Å². The van der Waals surface area contributed by atoms with Gasteiger partial charge in [-0.2, -0.15) is 0 Å². The quantitative estimate of drug-likeness (QED) is 0.140. The molecule has 0 saturated carbocycles. The fraction of sp³-hybridized carbons (Fsp3) is 0.0455. The second-order valence-corrected chi connectivity index (χ2v) is 10.8. The lowest BCUT2D eigenvalue weighted by Crippen LogP contribution is -2.12. The Hall–Kier alpha value is -5.66. The molecule has 5 aromatic rings. The molecule has 0 heterocycles. The van der Waals surface area contributed by atoms with Crippen LogP contribution in [-0.4, -0.2) is 0 Å². The lowest BCUT2D eigenvalue weighted by molar-refractivity contribution is 1.22. The summed E-state index contributed by atoms with van der Waals surface area (Å²) in [4.78, 5) is 2.36. The van der Waals surface area contributed by atoms with E-state index in [2.05, 4.69) is 183 Å². The van der Waals surface area contributed by atoms with Gasteiger partial charge in [-0.3, -0.25) is 0 Å². The van der Waals surface area contributed by atoms with Crippen LogP contribution in [0.4, 0.5) is 17.1 Å². The molecule has 1 nitrogen and oxygen atoms in total. The molecule has 0 saturated heterocycles. The number of rotatable bonds is 11. The summed E-state index contributed by atoms with van der Waals surface area (Å²) in [6.45, 7) is 4.36. The van der Waals surface area contributed by atoms with Crippen LogP contribution < -0.4 is 4.90 Å². The molecular weight excluding hydrogens is 542 g/mol. The van der Waals surface area contributed by atoms with E-state index in [-0.39, 0.29) is 0 Å². The summed E-state index contributed by atoms with van der Waals surface area (Å²) >= 11 is 0. The molecule has 0 aliphatic carbocycles. The van der Waals surface area contributed by atoms with Crippen LogP contribution >= 0.6 is 0 Å². The summed E-state index contributed by atoms with van der Waals surface area (Å²) in [5.41, 5.74) is 10.7. The van der Waals surface area contributed by atoms with E-state index in [0.29, 0.717) is 0 Å². The number of aryl methyl sites for hydroxylation is 2. The highest BCUT2D eigenvalue weighted by molar-refractivity contribution is 5.81. The number of hydrogen-bond acceptors (Lipinski definition) is 1. The number of hydrogen-bond donors (Lipinski definition) is 0. The van der Waals surface area contributed by atoms with Gasteiger partial charge in [-0.1, -0.05) is 176 Å². The van der Waals surface area contributed by atoms with E-state index in [1.807, 2.05) is 36.4 Å². The molecule has 0 bridgehead atoms. The Kier molecular flexibility index (Phi) is 11.1. The van der Waals surface area contributed by atoms with Gasteiger partial charge in [-0.25, -0.2) is 0 Å². The number of allylic oxidation sites excluding steroid dienone is 8. The van der Waals surface area contributed by atoms with Crippen molar-refractivity contribution >= 4 is 41.4 Å². The highest BCUT2D eigenvalue weighted by Crippen LogP contribution is 2.38. The van der Waals surface area contributed by atoms with Crippen LogP contribution in [-0.2, 0) is 0 Å². The van der Waals surface area contributed by atoms with Crippen molar-refractivity contribution in [2.24, 2.45) is 0 Å². The Morgan fingerprint density at radius 2 is 0.667 bits per heavy atom. The summed E-state index contributed by atoms with van der Waals surface area (Å²) in [5, 5.41) is 0. The summed E-state index contributed by atoms with van der Waals surface area (Å²) in [7, 11) is 0. The Balaban J connectivity index is 1.29. The fourth-order valence-electron chi connectivity index (χ4n) is 5.09. The van der Waals surface area contributed by atoms with E-state index in [4.69, 9.17) is 0 Å². The molecule has 0 radical (unpaired) electrons. The van der Waals surface area contributed by atoms with Crippen molar-refractivity contribution in [3.8, 4) is 0 Å². The third-order valence-electron chi connectivity index (χ3n) is 7.39. The molecule has 0 aliphatic heterocycles. The van der Waals surface area contributed by atoms with Crippen LogP contribution in [0.5, 0.6) is 0 Å². The molecule has 220 valence electrons. The molecule has 1 heteroatoms. The molecule has 0 spiro atoms. The minimum atomic E-state index is 1.13. The van der Waals surface area contributed by atoms with E-state index in [0.717, 1.165) is 22.5 Å². The molecule has 0 atom stereocenters. The molecule has 5 aromatic carbocycles. The second kappa shape index (κ2) is 16.3. The van der Waals surface area contributed by atoms with Crippen LogP contribution in [0.25, 0.3) is 24.3 Å². The molecule has 0 aromatic heterocycles. The van der Waals surface area contributed by atoms with E-state index in [1.54, 1.807) is 0 Å². The zero-order chi connectivity index (χ0) is 31.1. The van der Waals surface area contributed by atoms with E-state index in [9.17, 15) is 0 Å². The maximum absolute atomic E-state index is 2.36. The molecule has 0 fully saturated rings. The molecule has 0 amide bonds. The Labute approximate surface area is 268 Å². The third-order valence-corrected chi connectivity index (χ3v) is 7.39. The van der Waals surface area contributed by atoms with Crippen molar-refractivity contribution in [1.82, 2.24) is 0 Å². The summed E-state index contributed by atoms with van der Waals surface area (Å²) in [5.74, 6) is 0. The number of para-hydroxylation sites is 1. The minimum Gasteiger partial charge on any atom is -0.310 e. The van der Waals surface area contributed by atoms with Crippen molar-refractivity contribution in [2.75, 3.05) is 4.90 Å². The number of nitrogens with zero attached hydrogens (tertiary/aromatic N) is 1.